The molecule has 2 aliphatic rings. The van der Waals surface area contributed by atoms with E-state index in [0.29, 0.717) is 18.5 Å². The van der Waals surface area contributed by atoms with Crippen molar-refractivity contribution in [3.05, 3.63) is 11.3 Å². The van der Waals surface area contributed by atoms with Gasteiger partial charge in [-0.05, 0) is 18.6 Å². The Labute approximate surface area is 99.5 Å². The van der Waals surface area contributed by atoms with Gasteiger partial charge in [-0.2, -0.15) is 16.9 Å². The molecule has 0 saturated carbocycles. The van der Waals surface area contributed by atoms with Crippen molar-refractivity contribution in [3.8, 4) is 0 Å². The smallest absolute Gasteiger partial charge is 0.149 e. The number of nitrogens with two attached hydrogens (primary N) is 1. The van der Waals surface area contributed by atoms with Gasteiger partial charge >= 0.3 is 0 Å². The predicted octanol–water partition coefficient (Wildman–Crippen LogP) is 1.61. The molecule has 0 bridgehead atoms. The van der Waals surface area contributed by atoms with Crippen LogP contribution in [0.5, 0.6) is 0 Å². The summed E-state index contributed by atoms with van der Waals surface area (Å²) < 4.78 is 7.65. The molecule has 5 heteroatoms. The first-order valence-corrected chi connectivity index (χ1v) is 7.03. The summed E-state index contributed by atoms with van der Waals surface area (Å²) >= 11 is 2.02. The molecular weight excluding hydrogens is 222 g/mol. The maximum Gasteiger partial charge on any atom is 0.149 e. The number of nitrogens with zero attached hydrogens (tertiary/aromatic N) is 2. The number of anilines is 1. The Bertz CT molecular complexity index is 385. The summed E-state index contributed by atoms with van der Waals surface area (Å²) in [5, 5.41) is 4.52. The third-order valence-electron chi connectivity index (χ3n) is 3.37. The highest BCUT2D eigenvalue weighted by Crippen LogP contribution is 2.31. The van der Waals surface area contributed by atoms with Gasteiger partial charge in [0.2, 0.25) is 0 Å². The highest BCUT2D eigenvalue weighted by Gasteiger charge is 2.25. The van der Waals surface area contributed by atoms with Gasteiger partial charge in [0.15, 0.2) is 0 Å². The number of ether oxygens (including phenoxy) is 1. The van der Waals surface area contributed by atoms with E-state index in [0.717, 1.165) is 18.8 Å². The van der Waals surface area contributed by atoms with Crippen LogP contribution >= 0.6 is 11.8 Å². The minimum atomic E-state index is 0.520. The number of thioether (sulfide) groups is 1. The lowest BCUT2D eigenvalue weighted by Crippen LogP contribution is -2.21. The standard InChI is InChI=1S/C11H17N3OS/c12-11-9-3-4-15-6-10(9)14(13-11)8-2-1-5-16-7-8/h8H,1-7H2,(H2,12,13). The number of hydrogen-bond acceptors (Lipinski definition) is 4. The molecule has 0 aliphatic carbocycles. The number of fused-ring (bicyclic) bond motifs is 1. The van der Waals surface area contributed by atoms with Crippen molar-refractivity contribution in [3.63, 3.8) is 0 Å². The van der Waals surface area contributed by atoms with Crippen LogP contribution in [0.15, 0.2) is 0 Å². The Morgan fingerprint density at radius 1 is 1.50 bits per heavy atom. The largest absolute Gasteiger partial charge is 0.382 e. The van der Waals surface area contributed by atoms with Gasteiger partial charge in [-0.25, -0.2) is 0 Å². The summed E-state index contributed by atoms with van der Waals surface area (Å²) in [5.74, 6) is 3.16. The first-order valence-electron chi connectivity index (χ1n) is 5.87. The van der Waals surface area contributed by atoms with Crippen molar-refractivity contribution < 1.29 is 4.74 Å². The molecule has 88 valence electrons. The second-order valence-electron chi connectivity index (χ2n) is 4.43. The van der Waals surface area contributed by atoms with Crippen molar-refractivity contribution in [2.45, 2.75) is 31.9 Å². The molecular formula is C11H17N3OS. The zero-order valence-corrected chi connectivity index (χ0v) is 10.1. The average molecular weight is 239 g/mol. The van der Waals surface area contributed by atoms with Crippen LogP contribution in [0.1, 0.15) is 30.1 Å². The van der Waals surface area contributed by atoms with E-state index in [1.807, 2.05) is 11.8 Å². The van der Waals surface area contributed by atoms with E-state index >= 15 is 0 Å². The lowest BCUT2D eigenvalue weighted by molar-refractivity contribution is 0.103. The summed E-state index contributed by atoms with van der Waals surface area (Å²) in [5.41, 5.74) is 8.42. The summed E-state index contributed by atoms with van der Waals surface area (Å²) in [6.07, 6.45) is 3.42. The van der Waals surface area contributed by atoms with Gasteiger partial charge in [0.25, 0.3) is 0 Å². The lowest BCUT2D eigenvalue weighted by Gasteiger charge is -2.24. The first kappa shape index (κ1) is 10.5. The molecule has 0 aromatic carbocycles. The van der Waals surface area contributed by atoms with Gasteiger partial charge in [-0.1, -0.05) is 0 Å². The van der Waals surface area contributed by atoms with E-state index in [2.05, 4.69) is 9.78 Å². The Balaban J connectivity index is 1.93. The monoisotopic (exact) mass is 239 g/mol. The molecule has 1 atom stereocenters. The number of aromatic nitrogens is 2. The fourth-order valence-electron chi connectivity index (χ4n) is 2.51. The second kappa shape index (κ2) is 4.30. The third kappa shape index (κ3) is 1.72. The normalized spacial score (nSPS) is 25.4. The fraction of sp³-hybridized carbons (Fsp3) is 0.727. The number of nitrogen functional groups attached to an aromatic ring is 1. The van der Waals surface area contributed by atoms with Crippen molar-refractivity contribution in [1.82, 2.24) is 9.78 Å². The zero-order valence-electron chi connectivity index (χ0n) is 9.32. The van der Waals surface area contributed by atoms with Crippen LogP contribution in [0.4, 0.5) is 5.82 Å². The predicted molar refractivity (Wildman–Crippen MR) is 65.6 cm³/mol. The van der Waals surface area contributed by atoms with Gasteiger partial charge in [0.1, 0.15) is 5.82 Å². The quantitative estimate of drug-likeness (QED) is 0.809. The Morgan fingerprint density at radius 2 is 2.44 bits per heavy atom. The Hall–Kier alpha value is -0.680. The summed E-state index contributed by atoms with van der Waals surface area (Å²) in [4.78, 5) is 0. The van der Waals surface area contributed by atoms with E-state index in [1.165, 1.54) is 29.9 Å². The molecule has 3 rings (SSSR count). The molecule has 1 aromatic heterocycles. The molecule has 0 amide bonds. The molecule has 16 heavy (non-hydrogen) atoms. The summed E-state index contributed by atoms with van der Waals surface area (Å²) in [7, 11) is 0. The van der Waals surface area contributed by atoms with Crippen LogP contribution in [0.2, 0.25) is 0 Å². The molecule has 1 fully saturated rings. The third-order valence-corrected chi connectivity index (χ3v) is 4.56. The van der Waals surface area contributed by atoms with Crippen LogP contribution < -0.4 is 5.73 Å². The molecule has 0 radical (unpaired) electrons. The van der Waals surface area contributed by atoms with Crippen molar-refractivity contribution in [2.75, 3.05) is 23.8 Å². The number of hydrogen-bond donors (Lipinski definition) is 1. The van der Waals surface area contributed by atoms with E-state index < -0.39 is 0 Å². The van der Waals surface area contributed by atoms with E-state index in [4.69, 9.17) is 10.5 Å². The maximum atomic E-state index is 5.97. The van der Waals surface area contributed by atoms with E-state index in [9.17, 15) is 0 Å². The Kier molecular flexibility index (Phi) is 2.81. The van der Waals surface area contributed by atoms with Crippen LogP contribution in [0.25, 0.3) is 0 Å². The summed E-state index contributed by atoms with van der Waals surface area (Å²) in [6, 6.07) is 0.520. The van der Waals surface area contributed by atoms with Crippen molar-refractivity contribution in [2.24, 2.45) is 0 Å². The zero-order chi connectivity index (χ0) is 11.0. The minimum Gasteiger partial charge on any atom is -0.382 e. The summed E-state index contributed by atoms with van der Waals surface area (Å²) in [6.45, 7) is 1.46. The lowest BCUT2D eigenvalue weighted by atomic mass is 10.1. The molecule has 0 spiro atoms. The molecule has 2 N–H and O–H groups in total. The molecule has 1 saturated heterocycles. The van der Waals surface area contributed by atoms with Crippen LogP contribution in [0, 0.1) is 0 Å². The highest BCUT2D eigenvalue weighted by molar-refractivity contribution is 7.99. The van der Waals surface area contributed by atoms with Crippen molar-refractivity contribution >= 4 is 17.6 Å². The first-order chi connectivity index (χ1) is 7.86. The van der Waals surface area contributed by atoms with Gasteiger partial charge in [0.05, 0.1) is 24.9 Å². The van der Waals surface area contributed by atoms with Gasteiger partial charge in [-0.3, -0.25) is 4.68 Å². The van der Waals surface area contributed by atoms with Gasteiger partial charge < -0.3 is 10.5 Å². The SMILES string of the molecule is Nc1nn(C2CCCSC2)c2c1CCOC2. The van der Waals surface area contributed by atoms with Crippen LogP contribution in [-0.2, 0) is 17.8 Å². The molecule has 1 unspecified atom stereocenters. The van der Waals surface area contributed by atoms with Crippen LogP contribution in [-0.4, -0.2) is 27.9 Å². The average Bonchev–Trinajstić information content (AvgIpc) is 2.69. The minimum absolute atomic E-state index is 0.520. The van der Waals surface area contributed by atoms with Gasteiger partial charge in [-0.15, -0.1) is 0 Å². The molecule has 2 aliphatic heterocycles. The van der Waals surface area contributed by atoms with Gasteiger partial charge in [0, 0.05) is 17.7 Å². The van der Waals surface area contributed by atoms with E-state index in [1.54, 1.807) is 0 Å². The molecule has 3 heterocycles. The van der Waals surface area contributed by atoms with Crippen molar-refractivity contribution in [1.29, 1.82) is 0 Å². The van der Waals surface area contributed by atoms with Crippen LogP contribution in [0.3, 0.4) is 0 Å². The van der Waals surface area contributed by atoms with E-state index in [-0.39, 0.29) is 0 Å². The second-order valence-corrected chi connectivity index (χ2v) is 5.58. The molecule has 1 aromatic rings. The number of rotatable bonds is 1. The fourth-order valence-corrected chi connectivity index (χ4v) is 3.63. The Morgan fingerprint density at radius 3 is 3.25 bits per heavy atom. The maximum absolute atomic E-state index is 5.97. The highest BCUT2D eigenvalue weighted by atomic mass is 32.2. The molecule has 4 nitrogen and oxygen atoms in total. The topological polar surface area (TPSA) is 53.1 Å².